The number of esters is 1. The molecule has 0 aromatic rings. The average Bonchev–Trinajstić information content (AvgIpc) is 2.94. The Morgan fingerprint density at radius 1 is 1.26 bits per heavy atom. The minimum absolute atomic E-state index is 0.0609. The van der Waals surface area contributed by atoms with Gasteiger partial charge in [-0.05, 0) is 49.3 Å². The molecule has 23 heavy (non-hydrogen) atoms. The Kier molecular flexibility index (Phi) is 5.48. The Morgan fingerprint density at radius 2 is 1.91 bits per heavy atom. The second-order valence-electron chi connectivity index (χ2n) is 6.85. The molecule has 0 bridgehead atoms. The van der Waals surface area contributed by atoms with Crippen LogP contribution in [0.15, 0.2) is 34.9 Å². The van der Waals surface area contributed by atoms with Crippen LogP contribution < -0.4 is 0 Å². The van der Waals surface area contributed by atoms with Crippen LogP contribution in [0.2, 0.25) is 0 Å². The van der Waals surface area contributed by atoms with E-state index in [1.807, 2.05) is 13.0 Å². The Balaban J connectivity index is 2.27. The lowest BCUT2D eigenvalue weighted by Crippen LogP contribution is -2.39. The zero-order valence-corrected chi connectivity index (χ0v) is 14.9. The normalized spacial score (nSPS) is 28.0. The van der Waals surface area contributed by atoms with Crippen molar-refractivity contribution in [1.82, 2.24) is 0 Å². The van der Waals surface area contributed by atoms with Crippen molar-refractivity contribution in [2.75, 3.05) is 19.8 Å². The van der Waals surface area contributed by atoms with Crippen molar-refractivity contribution in [2.45, 2.75) is 53.2 Å². The molecule has 4 nitrogen and oxygen atoms in total. The predicted molar refractivity (Wildman–Crippen MR) is 89.9 cm³/mol. The highest BCUT2D eigenvalue weighted by Gasteiger charge is 2.46. The summed E-state index contributed by atoms with van der Waals surface area (Å²) in [5.74, 6) is -0.851. The van der Waals surface area contributed by atoms with Gasteiger partial charge in [0.25, 0.3) is 0 Å². The molecule has 0 aromatic carbocycles. The van der Waals surface area contributed by atoms with E-state index in [1.54, 1.807) is 6.92 Å². The molecule has 2 rings (SSSR count). The standard InChI is InChI=1S/C19H28O4/c1-6-21-17(20)13-14(2)7-8-16-15(3)19(22-11-12-23-19)10-9-18(16,4)5/h7-8,13H,6,9-12H2,1-5H3/b8-7+,14-13+/i11+1. The van der Waals surface area contributed by atoms with Gasteiger partial charge in [-0.1, -0.05) is 26.0 Å². The van der Waals surface area contributed by atoms with Gasteiger partial charge in [0.05, 0.1) is 19.8 Å². The summed E-state index contributed by atoms with van der Waals surface area (Å²) in [6, 6.07) is 0. The van der Waals surface area contributed by atoms with E-state index in [9.17, 15) is 4.79 Å². The highest BCUT2D eigenvalue weighted by Crippen LogP contribution is 2.48. The fraction of sp³-hybridized carbons (Fsp3) is 0.632. The number of hydrogen-bond acceptors (Lipinski definition) is 4. The first-order valence-corrected chi connectivity index (χ1v) is 8.33. The molecule has 1 atom stereocenters. The molecule has 0 aromatic heterocycles. The van der Waals surface area contributed by atoms with Crippen molar-refractivity contribution >= 4 is 5.97 Å². The van der Waals surface area contributed by atoms with Crippen molar-refractivity contribution in [3.63, 3.8) is 0 Å². The van der Waals surface area contributed by atoms with Crippen molar-refractivity contribution in [3.05, 3.63) is 34.9 Å². The van der Waals surface area contributed by atoms with Crippen LogP contribution in [0, 0.1) is 5.41 Å². The van der Waals surface area contributed by atoms with E-state index in [0.29, 0.717) is 19.8 Å². The topological polar surface area (TPSA) is 44.8 Å². The fourth-order valence-corrected chi connectivity index (χ4v) is 3.31. The second kappa shape index (κ2) is 7.02. The van der Waals surface area contributed by atoms with Gasteiger partial charge in [0, 0.05) is 12.5 Å². The van der Waals surface area contributed by atoms with Gasteiger partial charge in [-0.15, -0.1) is 0 Å². The third kappa shape index (κ3) is 3.93. The Morgan fingerprint density at radius 3 is 2.52 bits per heavy atom. The Hall–Kier alpha value is -1.39. The van der Waals surface area contributed by atoms with E-state index in [2.05, 4.69) is 26.8 Å². The van der Waals surface area contributed by atoms with E-state index >= 15 is 0 Å². The highest BCUT2D eigenvalue weighted by molar-refractivity contribution is 5.83. The van der Waals surface area contributed by atoms with Crippen molar-refractivity contribution < 1.29 is 19.0 Å². The predicted octanol–water partition coefficient (Wildman–Crippen LogP) is 3.93. The second-order valence-corrected chi connectivity index (χ2v) is 6.85. The van der Waals surface area contributed by atoms with Crippen LogP contribution in [0.5, 0.6) is 0 Å². The summed E-state index contributed by atoms with van der Waals surface area (Å²) in [6.07, 6.45) is 7.47. The summed E-state index contributed by atoms with van der Waals surface area (Å²) < 4.78 is 16.8. The van der Waals surface area contributed by atoms with E-state index < -0.39 is 5.79 Å². The zero-order chi connectivity index (χ0) is 17.1. The van der Waals surface area contributed by atoms with Gasteiger partial charge >= 0.3 is 5.97 Å². The van der Waals surface area contributed by atoms with Crippen molar-refractivity contribution in [3.8, 4) is 0 Å². The van der Waals surface area contributed by atoms with Gasteiger partial charge in [0.2, 0.25) is 0 Å². The maximum Gasteiger partial charge on any atom is 0.330 e. The third-order valence-corrected chi connectivity index (χ3v) is 4.68. The van der Waals surface area contributed by atoms with Gasteiger partial charge in [0.15, 0.2) is 5.79 Å². The number of hydrogen-bond donors (Lipinski definition) is 0. The summed E-state index contributed by atoms with van der Waals surface area (Å²) in [5.41, 5.74) is 3.30. The molecule has 0 saturated carbocycles. The molecule has 2 aliphatic rings. The SMILES string of the molecule is CCOC(=O)/C=C(C)/C=C/C1=C(C)C2(CCC1(C)C)OC[13CH2]O2. The van der Waals surface area contributed by atoms with E-state index in [4.69, 9.17) is 14.2 Å². The largest absolute Gasteiger partial charge is 0.463 e. The van der Waals surface area contributed by atoms with E-state index in [1.165, 1.54) is 11.6 Å². The molecule has 1 spiro atoms. The minimum Gasteiger partial charge on any atom is -0.463 e. The van der Waals surface area contributed by atoms with Crippen LogP contribution in [0.4, 0.5) is 0 Å². The Labute approximate surface area is 139 Å². The number of ether oxygens (including phenoxy) is 3. The van der Waals surface area contributed by atoms with Gasteiger partial charge in [0.1, 0.15) is 0 Å². The molecule has 1 unspecified atom stereocenters. The molecule has 1 fully saturated rings. The molecule has 128 valence electrons. The molecule has 0 N–H and O–H groups in total. The van der Waals surface area contributed by atoms with Crippen molar-refractivity contribution in [1.29, 1.82) is 0 Å². The average molecular weight is 321 g/mol. The van der Waals surface area contributed by atoms with Gasteiger partial charge in [-0.3, -0.25) is 0 Å². The molecule has 0 radical (unpaired) electrons. The van der Waals surface area contributed by atoms with Crippen LogP contribution in [0.1, 0.15) is 47.5 Å². The lowest BCUT2D eigenvalue weighted by atomic mass is 9.70. The van der Waals surface area contributed by atoms with Crippen molar-refractivity contribution in [2.24, 2.45) is 5.41 Å². The van der Waals surface area contributed by atoms with Crippen LogP contribution in [-0.4, -0.2) is 31.6 Å². The third-order valence-electron chi connectivity index (χ3n) is 4.68. The lowest BCUT2D eigenvalue weighted by molar-refractivity contribution is -0.141. The van der Waals surface area contributed by atoms with E-state index in [0.717, 1.165) is 24.0 Å². The summed E-state index contributed by atoms with van der Waals surface area (Å²) in [6.45, 7) is 12.0. The molecule has 1 aliphatic carbocycles. The van der Waals surface area contributed by atoms with E-state index in [-0.39, 0.29) is 11.4 Å². The summed E-state index contributed by atoms with van der Waals surface area (Å²) in [4.78, 5) is 11.5. The minimum atomic E-state index is -0.548. The molecule has 1 heterocycles. The molecular formula is C19H28O4. The van der Waals surface area contributed by atoms with Crippen LogP contribution in [0.3, 0.4) is 0 Å². The van der Waals surface area contributed by atoms with Gasteiger partial charge in [-0.2, -0.15) is 0 Å². The summed E-state index contributed by atoms with van der Waals surface area (Å²) in [5, 5.41) is 0. The summed E-state index contributed by atoms with van der Waals surface area (Å²) >= 11 is 0. The molecule has 0 amide bonds. The maximum atomic E-state index is 11.5. The molecule has 1 aliphatic heterocycles. The molecule has 1 saturated heterocycles. The number of carbonyl (C=O) groups is 1. The molecular weight excluding hydrogens is 293 g/mol. The summed E-state index contributed by atoms with van der Waals surface area (Å²) in [7, 11) is 0. The number of allylic oxidation sites excluding steroid dienone is 4. The monoisotopic (exact) mass is 321 g/mol. The Bertz CT molecular complexity index is 546. The first-order valence-electron chi connectivity index (χ1n) is 8.33. The number of carbonyl (C=O) groups excluding carboxylic acids is 1. The van der Waals surface area contributed by atoms with Gasteiger partial charge in [-0.25, -0.2) is 4.79 Å². The lowest BCUT2D eigenvalue weighted by Gasteiger charge is -2.42. The zero-order valence-electron chi connectivity index (χ0n) is 14.9. The first kappa shape index (κ1) is 18.0. The highest BCUT2D eigenvalue weighted by atomic mass is 16.8. The van der Waals surface area contributed by atoms with Crippen LogP contribution in [0.25, 0.3) is 0 Å². The van der Waals surface area contributed by atoms with Crippen LogP contribution >= 0.6 is 0 Å². The quantitative estimate of drug-likeness (QED) is 0.341. The van der Waals surface area contributed by atoms with Gasteiger partial charge < -0.3 is 14.2 Å². The number of rotatable bonds is 4. The first-order chi connectivity index (χ1) is 10.8. The smallest absolute Gasteiger partial charge is 0.330 e. The maximum absolute atomic E-state index is 11.5. The fourth-order valence-electron chi connectivity index (χ4n) is 3.31. The molecule has 4 heteroatoms. The van der Waals surface area contributed by atoms with Crippen LogP contribution in [-0.2, 0) is 19.0 Å².